The van der Waals surface area contributed by atoms with Gasteiger partial charge in [-0.15, -0.1) is 0 Å². The molecule has 10 nitrogen and oxygen atoms in total. The van der Waals surface area contributed by atoms with Crippen molar-refractivity contribution in [2.24, 2.45) is 0 Å². The molecule has 1 unspecified atom stereocenters. The monoisotopic (exact) mass is 464 g/mol. The van der Waals surface area contributed by atoms with Crippen molar-refractivity contribution in [3.63, 3.8) is 0 Å². The maximum Gasteiger partial charge on any atom is 0.236 e. The van der Waals surface area contributed by atoms with Crippen molar-refractivity contribution in [3.05, 3.63) is 36.4 Å². The minimum Gasteiger partial charge on any atom is -0.378 e. The van der Waals surface area contributed by atoms with Gasteiger partial charge in [-0.25, -0.2) is 19.3 Å². The average Bonchev–Trinajstić information content (AvgIpc) is 3.28. The average molecular weight is 465 g/mol. The zero-order valence-electron chi connectivity index (χ0n) is 18.7. The van der Waals surface area contributed by atoms with Gasteiger partial charge >= 0.3 is 0 Å². The van der Waals surface area contributed by atoms with Crippen LogP contribution in [0.4, 0.5) is 16.0 Å². The van der Waals surface area contributed by atoms with Crippen LogP contribution in [-0.4, -0.2) is 75.6 Å². The highest BCUT2D eigenvalue weighted by Gasteiger charge is 2.25. The molecule has 0 aromatic carbocycles. The summed E-state index contributed by atoms with van der Waals surface area (Å²) in [4.78, 5) is 29.9. The largest absolute Gasteiger partial charge is 0.378 e. The number of imidazole rings is 1. The van der Waals surface area contributed by atoms with Gasteiger partial charge in [0.05, 0.1) is 25.5 Å². The summed E-state index contributed by atoms with van der Waals surface area (Å²) in [5.41, 5.74) is 1.19. The smallest absolute Gasteiger partial charge is 0.236 e. The van der Waals surface area contributed by atoms with Crippen LogP contribution in [0.1, 0.15) is 19.3 Å². The molecule has 3 aromatic rings. The molecule has 1 N–H and O–H groups in total. The molecule has 2 aliphatic heterocycles. The van der Waals surface area contributed by atoms with Crippen LogP contribution < -0.4 is 10.2 Å². The van der Waals surface area contributed by atoms with E-state index < -0.39 is 0 Å². The van der Waals surface area contributed by atoms with E-state index in [0.29, 0.717) is 62.4 Å². The molecule has 5 heterocycles. The standard InChI is InChI=1S/C23H25FN8O2/c24-16-3-4-20-26-13-18(32(20)14-16)23-28-19(12-21(29-23)30-8-10-34-11-9-30)27-17-2-1-7-31(15-17)22(33)5-6-25/h3-4,12-14,17H,1-2,5,7-11,15H2,(H,27,28,29). The number of piperidine rings is 1. The van der Waals surface area contributed by atoms with Crippen molar-refractivity contribution in [2.45, 2.75) is 25.3 Å². The molecular formula is C23H25FN8O2. The lowest BCUT2D eigenvalue weighted by molar-refractivity contribution is -0.131. The number of rotatable bonds is 5. The summed E-state index contributed by atoms with van der Waals surface area (Å²) in [6.45, 7) is 3.80. The van der Waals surface area contributed by atoms with Crippen LogP contribution in [0.25, 0.3) is 17.2 Å². The number of carbonyl (C=O) groups excluding carboxylic acids is 1. The van der Waals surface area contributed by atoms with Gasteiger partial charge in [0.1, 0.15) is 35.2 Å². The number of ether oxygens (including phenoxy) is 1. The lowest BCUT2D eigenvalue weighted by Gasteiger charge is -2.33. The van der Waals surface area contributed by atoms with Gasteiger partial charge in [-0.05, 0) is 25.0 Å². The summed E-state index contributed by atoms with van der Waals surface area (Å²) in [5.74, 6) is 1.27. The number of morpholine rings is 1. The van der Waals surface area contributed by atoms with Gasteiger partial charge in [-0.2, -0.15) is 5.26 Å². The molecule has 1 amide bonds. The number of carbonyl (C=O) groups is 1. The number of hydrogen-bond acceptors (Lipinski definition) is 8. The third-order valence-corrected chi connectivity index (χ3v) is 6.10. The number of nitriles is 1. The first-order valence-corrected chi connectivity index (χ1v) is 11.4. The Balaban J connectivity index is 1.47. The van der Waals surface area contributed by atoms with Gasteiger partial charge in [0.15, 0.2) is 5.82 Å². The molecular weight excluding hydrogens is 439 g/mol. The summed E-state index contributed by atoms with van der Waals surface area (Å²) in [6, 6.07) is 6.80. The van der Waals surface area contributed by atoms with Crippen LogP contribution in [0, 0.1) is 17.1 Å². The second-order valence-corrected chi connectivity index (χ2v) is 8.41. The first kappa shape index (κ1) is 22.0. The van der Waals surface area contributed by atoms with E-state index in [4.69, 9.17) is 20.0 Å². The predicted octanol–water partition coefficient (Wildman–Crippen LogP) is 2.08. The predicted molar refractivity (Wildman–Crippen MR) is 123 cm³/mol. The van der Waals surface area contributed by atoms with E-state index in [9.17, 15) is 9.18 Å². The third-order valence-electron chi connectivity index (χ3n) is 6.10. The Morgan fingerprint density at radius 3 is 2.94 bits per heavy atom. The van der Waals surface area contributed by atoms with Crippen LogP contribution in [0.3, 0.4) is 0 Å². The van der Waals surface area contributed by atoms with Crippen molar-refractivity contribution in [3.8, 4) is 17.6 Å². The normalized spacial score (nSPS) is 18.6. The molecule has 1 atom stereocenters. The summed E-state index contributed by atoms with van der Waals surface area (Å²) in [7, 11) is 0. The number of nitrogens with one attached hydrogen (secondary N) is 1. The molecule has 0 aliphatic carbocycles. The van der Waals surface area contributed by atoms with Gasteiger partial charge in [-0.1, -0.05) is 0 Å². The molecule has 5 rings (SSSR count). The molecule has 0 bridgehead atoms. The van der Waals surface area contributed by atoms with E-state index in [0.717, 1.165) is 18.7 Å². The molecule has 2 fully saturated rings. The second-order valence-electron chi connectivity index (χ2n) is 8.41. The number of anilines is 2. The lowest BCUT2D eigenvalue weighted by Crippen LogP contribution is -2.45. The van der Waals surface area contributed by atoms with E-state index in [-0.39, 0.29) is 24.2 Å². The van der Waals surface area contributed by atoms with E-state index in [1.165, 1.54) is 12.3 Å². The summed E-state index contributed by atoms with van der Waals surface area (Å²) in [6.07, 6.45) is 4.62. The van der Waals surface area contributed by atoms with Crippen LogP contribution in [0.15, 0.2) is 30.6 Å². The SMILES string of the molecule is N#CCC(=O)N1CCCC(Nc2cc(N3CCOCC3)nc(-c3cnc4ccc(F)cn34)n2)C1. The number of fused-ring (bicyclic) bond motifs is 1. The van der Waals surface area contributed by atoms with Crippen LogP contribution in [-0.2, 0) is 9.53 Å². The Kier molecular flexibility index (Phi) is 6.22. The van der Waals surface area contributed by atoms with Gasteiger partial charge in [0.2, 0.25) is 5.91 Å². The highest BCUT2D eigenvalue weighted by atomic mass is 19.1. The van der Waals surface area contributed by atoms with Gasteiger partial charge < -0.3 is 19.9 Å². The zero-order chi connectivity index (χ0) is 23.5. The number of likely N-dealkylation sites (tertiary alicyclic amines) is 1. The summed E-state index contributed by atoms with van der Waals surface area (Å²) >= 11 is 0. The number of hydrogen-bond donors (Lipinski definition) is 1. The minimum absolute atomic E-state index is 0.00342. The van der Waals surface area contributed by atoms with Crippen LogP contribution in [0.2, 0.25) is 0 Å². The first-order valence-electron chi connectivity index (χ1n) is 11.4. The summed E-state index contributed by atoms with van der Waals surface area (Å²) in [5, 5.41) is 12.3. The van der Waals surface area contributed by atoms with Crippen LogP contribution >= 0.6 is 0 Å². The number of pyridine rings is 1. The Labute approximate surface area is 196 Å². The zero-order valence-corrected chi connectivity index (χ0v) is 18.7. The Bertz CT molecular complexity index is 1230. The van der Waals surface area contributed by atoms with Gasteiger partial charge in [0.25, 0.3) is 0 Å². The molecule has 34 heavy (non-hydrogen) atoms. The topological polar surface area (TPSA) is 112 Å². The van der Waals surface area contributed by atoms with Gasteiger partial charge in [0, 0.05) is 44.5 Å². The number of halogens is 1. The maximum atomic E-state index is 13.9. The molecule has 0 radical (unpaired) electrons. The molecule has 11 heteroatoms. The van der Waals surface area contributed by atoms with Crippen molar-refractivity contribution in [2.75, 3.05) is 49.6 Å². The highest BCUT2D eigenvalue weighted by Crippen LogP contribution is 2.26. The van der Waals surface area contributed by atoms with Crippen molar-refractivity contribution in [1.29, 1.82) is 5.26 Å². The Morgan fingerprint density at radius 2 is 2.12 bits per heavy atom. The fourth-order valence-electron chi connectivity index (χ4n) is 4.41. The van der Waals surface area contributed by atoms with E-state index >= 15 is 0 Å². The molecule has 0 spiro atoms. The summed E-state index contributed by atoms with van der Waals surface area (Å²) < 4.78 is 21.1. The fourth-order valence-corrected chi connectivity index (χ4v) is 4.41. The van der Waals surface area contributed by atoms with Gasteiger partial charge in [-0.3, -0.25) is 9.20 Å². The first-order chi connectivity index (χ1) is 16.6. The second kappa shape index (κ2) is 9.61. The highest BCUT2D eigenvalue weighted by molar-refractivity contribution is 5.78. The Hall–Kier alpha value is -3.78. The van der Waals surface area contributed by atoms with Crippen molar-refractivity contribution in [1.82, 2.24) is 24.3 Å². The lowest BCUT2D eigenvalue weighted by atomic mass is 10.1. The molecule has 3 aromatic heterocycles. The number of amides is 1. The number of aromatic nitrogens is 4. The quantitative estimate of drug-likeness (QED) is 0.611. The fraction of sp³-hybridized carbons (Fsp3) is 0.435. The molecule has 2 aliphatic rings. The van der Waals surface area contributed by atoms with E-state index in [1.54, 1.807) is 21.6 Å². The van der Waals surface area contributed by atoms with E-state index in [2.05, 4.69) is 15.2 Å². The number of nitrogens with zero attached hydrogens (tertiary/aromatic N) is 7. The molecule has 0 saturated carbocycles. The molecule has 176 valence electrons. The van der Waals surface area contributed by atoms with Crippen LogP contribution in [0.5, 0.6) is 0 Å². The van der Waals surface area contributed by atoms with E-state index in [1.807, 2.05) is 12.1 Å². The van der Waals surface area contributed by atoms with Crippen molar-refractivity contribution >= 4 is 23.2 Å². The third kappa shape index (κ3) is 4.63. The Morgan fingerprint density at radius 1 is 1.26 bits per heavy atom. The maximum absolute atomic E-state index is 13.9. The van der Waals surface area contributed by atoms with Crippen molar-refractivity contribution < 1.29 is 13.9 Å². The molecule has 2 saturated heterocycles. The minimum atomic E-state index is -0.376.